The summed E-state index contributed by atoms with van der Waals surface area (Å²) in [6.45, 7) is 31.7. The van der Waals surface area contributed by atoms with Crippen molar-refractivity contribution >= 4 is 32.3 Å². The lowest BCUT2D eigenvalue weighted by Gasteiger charge is -2.69. The van der Waals surface area contributed by atoms with Crippen LogP contribution in [0.4, 0.5) is 4.79 Å². The first kappa shape index (κ1) is 57.9. The molecule has 3 saturated heterocycles. The van der Waals surface area contributed by atoms with Crippen LogP contribution in [0.2, 0.25) is 18.1 Å². The van der Waals surface area contributed by atoms with Crippen LogP contribution < -0.4 is 5.32 Å². The Morgan fingerprint density at radius 3 is 2.11 bits per heavy atom. The zero-order valence-electron chi connectivity index (χ0n) is 47.4. The molecule has 8 rings (SSSR count). The van der Waals surface area contributed by atoms with Gasteiger partial charge in [0.15, 0.2) is 25.8 Å². The molecule has 11 unspecified atom stereocenters. The standard InChI is InChI=1S/C58H84N2O15Si/c1-35-39(69-50(63)45(75-76(14,15)53(6,7)8)43(37-22-18-16-19-23-37)59-51(64)74-52(3,4)5)33-58(65)48(70-49(62)38-24-20-17-21-25-38)46-56(13,47-44(42(35)54(58,9)10)72-55(11,12)73-47)40(67-31-28-60-26-29-66-30-27-60)32-41-57(46,34-68-41)71-36(2)61/h16-25,39-41,43-48,65H,26-34H2,1-15H3,(H,59,64)/t39?,40?,41?,43?,44?,45?,46?,47?,48?,56-,57?,58?/m1/s1. The lowest BCUT2D eigenvalue weighted by molar-refractivity contribution is -0.366. The van der Waals surface area contributed by atoms with E-state index in [4.69, 9.17) is 47.1 Å². The average Bonchev–Trinajstić information content (AvgIpc) is 3.65. The molecule has 3 aliphatic heterocycles. The number of hydrogen-bond donors (Lipinski definition) is 2. The maximum Gasteiger partial charge on any atom is 0.408 e. The Morgan fingerprint density at radius 1 is 0.895 bits per heavy atom. The van der Waals surface area contributed by atoms with Crippen molar-refractivity contribution in [1.29, 1.82) is 0 Å². The first-order chi connectivity index (χ1) is 35.3. The summed E-state index contributed by atoms with van der Waals surface area (Å²) < 4.78 is 66.7. The van der Waals surface area contributed by atoms with Gasteiger partial charge in [-0.1, -0.05) is 90.1 Å². The lowest BCUT2D eigenvalue weighted by Crippen LogP contribution is -2.82. The van der Waals surface area contributed by atoms with Gasteiger partial charge < -0.3 is 57.5 Å². The summed E-state index contributed by atoms with van der Waals surface area (Å²) >= 11 is 0. The quantitative estimate of drug-likeness (QED) is 0.0794. The summed E-state index contributed by atoms with van der Waals surface area (Å²) in [6.07, 6.45) is -8.16. The topological polar surface area (TPSA) is 196 Å². The van der Waals surface area contributed by atoms with Crippen molar-refractivity contribution < 1.29 is 71.3 Å². The molecule has 18 heteroatoms. The van der Waals surface area contributed by atoms with Crippen LogP contribution in [0.25, 0.3) is 0 Å². The van der Waals surface area contributed by atoms with Crippen molar-refractivity contribution in [2.24, 2.45) is 16.7 Å². The van der Waals surface area contributed by atoms with E-state index < -0.39 is 125 Å². The molecule has 420 valence electrons. The number of alkyl carbamates (subject to hydrolysis) is 1. The first-order valence-corrected chi connectivity index (χ1v) is 30.0. The van der Waals surface area contributed by atoms with Gasteiger partial charge in [-0.05, 0) is 88.5 Å². The molecule has 6 aliphatic rings. The van der Waals surface area contributed by atoms with Gasteiger partial charge in [0.25, 0.3) is 0 Å². The van der Waals surface area contributed by atoms with Crippen LogP contribution in [0.1, 0.15) is 125 Å². The van der Waals surface area contributed by atoms with E-state index in [2.05, 4.69) is 31.0 Å². The summed E-state index contributed by atoms with van der Waals surface area (Å²) in [5, 5.41) is 17.1. The second-order valence-corrected chi connectivity index (χ2v) is 30.3. The fourth-order valence-corrected chi connectivity index (χ4v) is 13.9. The monoisotopic (exact) mass is 1080 g/mol. The Morgan fingerprint density at radius 2 is 1.53 bits per heavy atom. The molecule has 2 bridgehead atoms. The number of rotatable bonds is 14. The van der Waals surface area contributed by atoms with Gasteiger partial charge in [0.2, 0.25) is 0 Å². The largest absolute Gasteiger partial charge is 0.456 e. The van der Waals surface area contributed by atoms with Crippen LogP contribution in [0.3, 0.4) is 0 Å². The van der Waals surface area contributed by atoms with Crippen LogP contribution >= 0.6 is 0 Å². The minimum absolute atomic E-state index is 0.0757. The number of hydrogen-bond acceptors (Lipinski definition) is 16. The molecule has 2 saturated carbocycles. The maximum atomic E-state index is 15.7. The van der Waals surface area contributed by atoms with Crippen molar-refractivity contribution in [1.82, 2.24) is 10.2 Å². The summed E-state index contributed by atoms with van der Waals surface area (Å²) in [6, 6.07) is 16.5. The SMILES string of the molecule is CC(=O)OC12COC1CC(OCCN1CCOCC1)[C@@]1(C)C3OC(C)(C)OC3C3=C(C)C(OC(=O)C(O[Si](C)(C)C(C)(C)C)C(NC(=O)OC(C)(C)C)c4ccccc4)CC(O)(C(OC(=O)c4ccccc4)C21)C3(C)C. The molecular formula is C58H84N2O15Si. The van der Waals surface area contributed by atoms with Gasteiger partial charge in [0, 0.05) is 50.2 Å². The number of nitrogens with one attached hydrogen (secondary N) is 1. The highest BCUT2D eigenvalue weighted by Crippen LogP contribution is 2.68. The van der Waals surface area contributed by atoms with Gasteiger partial charge >= 0.3 is 24.0 Å². The minimum Gasteiger partial charge on any atom is -0.456 e. The molecule has 3 aliphatic carbocycles. The number of carbonyl (C=O) groups excluding carboxylic acids is 4. The van der Waals surface area contributed by atoms with Crippen LogP contribution in [0, 0.1) is 16.7 Å². The lowest BCUT2D eigenvalue weighted by atomic mass is 9.44. The maximum absolute atomic E-state index is 15.7. The molecule has 0 spiro atoms. The average molecular weight is 1080 g/mol. The van der Waals surface area contributed by atoms with Crippen molar-refractivity contribution in [3.05, 3.63) is 82.9 Å². The highest BCUT2D eigenvalue weighted by atomic mass is 28.4. The van der Waals surface area contributed by atoms with Gasteiger partial charge in [0.05, 0.1) is 56.2 Å². The Hall–Kier alpha value is -4.24. The van der Waals surface area contributed by atoms with E-state index in [9.17, 15) is 19.5 Å². The molecule has 3 heterocycles. The third-order valence-electron chi connectivity index (χ3n) is 17.6. The number of aliphatic hydroxyl groups is 1. The normalized spacial score (nSPS) is 32.9. The third kappa shape index (κ3) is 10.9. The molecule has 76 heavy (non-hydrogen) atoms. The number of ether oxygens (including phenoxy) is 9. The van der Waals surface area contributed by atoms with Crippen LogP contribution in [0.5, 0.6) is 0 Å². The Kier molecular flexibility index (Phi) is 16.1. The van der Waals surface area contributed by atoms with Crippen LogP contribution in [0.15, 0.2) is 71.8 Å². The fraction of sp³-hybridized carbons (Fsp3) is 0.690. The van der Waals surface area contributed by atoms with E-state index in [-0.39, 0.29) is 25.0 Å². The molecule has 0 radical (unpaired) electrons. The van der Waals surface area contributed by atoms with E-state index >= 15 is 4.79 Å². The number of carbonyl (C=O) groups is 4. The Labute approximate surface area is 450 Å². The second kappa shape index (κ2) is 21.1. The van der Waals surface area contributed by atoms with Crippen molar-refractivity contribution in [3.8, 4) is 0 Å². The van der Waals surface area contributed by atoms with Gasteiger partial charge in [-0.3, -0.25) is 9.69 Å². The van der Waals surface area contributed by atoms with Gasteiger partial charge in [-0.15, -0.1) is 0 Å². The number of morpholine rings is 1. The highest BCUT2D eigenvalue weighted by molar-refractivity contribution is 6.74. The molecular weight excluding hydrogens is 993 g/mol. The zero-order chi connectivity index (χ0) is 55.6. The first-order valence-electron chi connectivity index (χ1n) is 27.1. The predicted molar refractivity (Wildman–Crippen MR) is 283 cm³/mol. The summed E-state index contributed by atoms with van der Waals surface area (Å²) in [4.78, 5) is 60.4. The van der Waals surface area contributed by atoms with Gasteiger partial charge in [-0.2, -0.15) is 0 Å². The summed E-state index contributed by atoms with van der Waals surface area (Å²) in [5.74, 6) is -4.44. The molecule has 2 N–H and O–H groups in total. The molecule has 2 aromatic rings. The number of benzene rings is 2. The Balaban J connectivity index is 1.32. The number of esters is 3. The molecule has 0 aromatic heterocycles. The van der Waals surface area contributed by atoms with Crippen molar-refractivity contribution in [2.45, 2.75) is 192 Å². The molecule has 1 amide bonds. The van der Waals surface area contributed by atoms with E-state index in [1.165, 1.54) is 6.92 Å². The van der Waals surface area contributed by atoms with E-state index in [1.54, 1.807) is 63.2 Å². The second-order valence-electron chi connectivity index (χ2n) is 25.5. The number of amides is 1. The minimum atomic E-state index is -2.88. The van der Waals surface area contributed by atoms with Crippen LogP contribution in [-0.2, 0) is 56.6 Å². The number of fused-ring (bicyclic) bond motifs is 8. The molecule has 12 atom stereocenters. The zero-order valence-corrected chi connectivity index (χ0v) is 48.4. The van der Waals surface area contributed by atoms with Gasteiger partial charge in [0.1, 0.15) is 35.6 Å². The summed E-state index contributed by atoms with van der Waals surface area (Å²) in [5.41, 5.74) is -5.08. The van der Waals surface area contributed by atoms with Gasteiger partial charge in [-0.25, -0.2) is 14.4 Å². The fourth-order valence-electron chi connectivity index (χ4n) is 12.6. The summed E-state index contributed by atoms with van der Waals surface area (Å²) in [7, 11) is -2.88. The Bertz CT molecular complexity index is 2480. The van der Waals surface area contributed by atoms with E-state index in [1.807, 2.05) is 72.8 Å². The van der Waals surface area contributed by atoms with Crippen molar-refractivity contribution in [2.75, 3.05) is 46.1 Å². The highest BCUT2D eigenvalue weighted by Gasteiger charge is 2.79. The molecule has 2 aromatic carbocycles. The van der Waals surface area contributed by atoms with E-state index in [0.717, 1.165) is 13.1 Å². The van der Waals surface area contributed by atoms with Crippen molar-refractivity contribution in [3.63, 3.8) is 0 Å². The smallest absolute Gasteiger partial charge is 0.408 e. The molecule has 5 fully saturated rings. The van der Waals surface area contributed by atoms with Crippen LogP contribution in [-0.4, -0.2) is 154 Å². The third-order valence-corrected chi connectivity index (χ3v) is 22.0. The number of nitrogens with zero attached hydrogens (tertiary/aromatic N) is 1. The predicted octanol–water partition coefficient (Wildman–Crippen LogP) is 8.24. The van der Waals surface area contributed by atoms with E-state index in [0.29, 0.717) is 43.1 Å². The molecule has 17 nitrogen and oxygen atoms in total.